The summed E-state index contributed by atoms with van der Waals surface area (Å²) < 4.78 is 3.61. The van der Waals surface area contributed by atoms with Gasteiger partial charge in [0.05, 0.1) is 0 Å². The zero-order chi connectivity index (χ0) is 12.5. The molecule has 2 aromatic rings. The molecule has 0 bridgehead atoms. The van der Waals surface area contributed by atoms with Crippen molar-refractivity contribution in [3.8, 4) is 0 Å². The van der Waals surface area contributed by atoms with E-state index in [1.165, 1.54) is 0 Å². The maximum Gasteiger partial charge on any atom is 0.328 e. The van der Waals surface area contributed by atoms with Gasteiger partial charge in [-0.05, 0) is 30.9 Å². The molecule has 1 fully saturated rings. The topological polar surface area (TPSA) is 52.9 Å². The number of benzene rings is 1. The van der Waals surface area contributed by atoms with Gasteiger partial charge in [0.2, 0.25) is 0 Å². The van der Waals surface area contributed by atoms with Crippen LogP contribution in [0.3, 0.4) is 0 Å². The third kappa shape index (κ3) is 2.06. The second-order valence-corrected chi connectivity index (χ2v) is 4.86. The number of aryl methyl sites for hydroxylation is 2. The number of rotatable bonds is 4. The SMILES string of the molecule is Nc1ccccc1CCn1ccn(C2CC2)c1=O. The lowest BCUT2D eigenvalue weighted by Crippen LogP contribution is -2.24. The van der Waals surface area contributed by atoms with Crippen molar-refractivity contribution >= 4 is 5.69 Å². The Morgan fingerprint density at radius 1 is 1.22 bits per heavy atom. The molecule has 0 aliphatic heterocycles. The third-order valence-corrected chi connectivity index (χ3v) is 3.49. The van der Waals surface area contributed by atoms with Crippen LogP contribution in [0.4, 0.5) is 5.69 Å². The van der Waals surface area contributed by atoms with Gasteiger partial charge in [-0.25, -0.2) is 4.79 Å². The molecule has 0 radical (unpaired) electrons. The van der Waals surface area contributed by atoms with Crippen molar-refractivity contribution in [2.24, 2.45) is 0 Å². The molecule has 4 heteroatoms. The molecule has 1 aromatic carbocycles. The van der Waals surface area contributed by atoms with Crippen LogP contribution >= 0.6 is 0 Å². The van der Waals surface area contributed by atoms with E-state index in [9.17, 15) is 4.79 Å². The van der Waals surface area contributed by atoms with Crippen LogP contribution in [0.2, 0.25) is 0 Å². The molecule has 1 saturated carbocycles. The standard InChI is InChI=1S/C14H17N3O/c15-13-4-2-1-3-11(13)7-8-16-9-10-17(14(16)18)12-5-6-12/h1-4,9-10,12H,5-8,15H2. The summed E-state index contributed by atoms with van der Waals surface area (Å²) in [4.78, 5) is 12.1. The Labute approximate surface area is 106 Å². The van der Waals surface area contributed by atoms with Crippen molar-refractivity contribution < 1.29 is 0 Å². The summed E-state index contributed by atoms with van der Waals surface area (Å²) in [5, 5.41) is 0. The minimum atomic E-state index is 0.104. The van der Waals surface area contributed by atoms with E-state index in [0.29, 0.717) is 12.6 Å². The Balaban J connectivity index is 1.74. The maximum absolute atomic E-state index is 12.1. The summed E-state index contributed by atoms with van der Waals surface area (Å²) in [6, 6.07) is 8.25. The van der Waals surface area contributed by atoms with Crippen molar-refractivity contribution in [3.05, 3.63) is 52.7 Å². The first-order valence-corrected chi connectivity index (χ1v) is 6.36. The van der Waals surface area contributed by atoms with E-state index in [4.69, 9.17) is 5.73 Å². The largest absolute Gasteiger partial charge is 0.399 e. The van der Waals surface area contributed by atoms with Crippen molar-refractivity contribution in [1.29, 1.82) is 0 Å². The third-order valence-electron chi connectivity index (χ3n) is 3.49. The van der Waals surface area contributed by atoms with Crippen LogP contribution in [0, 0.1) is 0 Å². The highest BCUT2D eigenvalue weighted by atomic mass is 16.1. The fourth-order valence-electron chi connectivity index (χ4n) is 2.23. The number of nitrogen functional groups attached to an aromatic ring is 1. The molecule has 0 unspecified atom stereocenters. The van der Waals surface area contributed by atoms with Gasteiger partial charge in [0.25, 0.3) is 0 Å². The van der Waals surface area contributed by atoms with Crippen LogP contribution in [-0.4, -0.2) is 9.13 Å². The minimum Gasteiger partial charge on any atom is -0.399 e. The fraction of sp³-hybridized carbons (Fsp3) is 0.357. The predicted molar refractivity (Wildman–Crippen MR) is 71.5 cm³/mol. The Bertz CT molecular complexity index is 607. The molecule has 1 heterocycles. The number of nitrogens with zero attached hydrogens (tertiary/aromatic N) is 2. The van der Waals surface area contributed by atoms with Gasteiger partial charge < -0.3 is 5.73 Å². The summed E-state index contributed by atoms with van der Waals surface area (Å²) in [5.74, 6) is 0. The number of hydrogen-bond acceptors (Lipinski definition) is 2. The van der Waals surface area contributed by atoms with E-state index in [1.54, 1.807) is 4.57 Å². The molecule has 0 atom stereocenters. The molecule has 18 heavy (non-hydrogen) atoms. The van der Waals surface area contributed by atoms with Crippen LogP contribution in [-0.2, 0) is 13.0 Å². The van der Waals surface area contributed by atoms with Crippen LogP contribution in [0.1, 0.15) is 24.4 Å². The lowest BCUT2D eigenvalue weighted by Gasteiger charge is -2.05. The fourth-order valence-corrected chi connectivity index (χ4v) is 2.23. The zero-order valence-corrected chi connectivity index (χ0v) is 10.2. The van der Waals surface area contributed by atoms with Crippen molar-refractivity contribution in [1.82, 2.24) is 9.13 Å². The highest BCUT2D eigenvalue weighted by molar-refractivity contribution is 5.46. The first-order valence-electron chi connectivity index (χ1n) is 6.36. The van der Waals surface area contributed by atoms with Crippen LogP contribution < -0.4 is 11.4 Å². The van der Waals surface area contributed by atoms with Gasteiger partial charge in [0.15, 0.2) is 0 Å². The molecule has 1 aromatic heterocycles. The Morgan fingerprint density at radius 3 is 2.72 bits per heavy atom. The molecule has 1 aliphatic rings. The molecular formula is C14H17N3O. The Hall–Kier alpha value is -1.97. The quantitative estimate of drug-likeness (QED) is 0.833. The zero-order valence-electron chi connectivity index (χ0n) is 10.2. The van der Waals surface area contributed by atoms with E-state index in [1.807, 2.05) is 41.2 Å². The summed E-state index contributed by atoms with van der Waals surface area (Å²) in [6.07, 6.45) is 6.83. The minimum absolute atomic E-state index is 0.104. The normalized spacial score (nSPS) is 14.9. The monoisotopic (exact) mass is 243 g/mol. The highest BCUT2D eigenvalue weighted by Gasteiger charge is 2.25. The molecule has 94 valence electrons. The predicted octanol–water partition coefficient (Wildman–Crippen LogP) is 1.81. The Kier molecular flexibility index (Phi) is 2.70. The first-order chi connectivity index (χ1) is 8.75. The van der Waals surface area contributed by atoms with Crippen molar-refractivity contribution in [2.75, 3.05) is 5.73 Å². The molecule has 0 saturated heterocycles. The second-order valence-electron chi connectivity index (χ2n) is 4.86. The maximum atomic E-state index is 12.1. The summed E-state index contributed by atoms with van der Waals surface area (Å²) in [6.45, 7) is 0.687. The lowest BCUT2D eigenvalue weighted by molar-refractivity contribution is 0.620. The number of hydrogen-bond donors (Lipinski definition) is 1. The van der Waals surface area contributed by atoms with E-state index in [0.717, 1.165) is 30.5 Å². The van der Waals surface area contributed by atoms with Gasteiger partial charge in [-0.3, -0.25) is 9.13 Å². The first kappa shape index (κ1) is 11.1. The summed E-state index contributed by atoms with van der Waals surface area (Å²) in [5.41, 5.74) is 7.90. The number of para-hydroxylation sites is 1. The number of nitrogens with two attached hydrogens (primary N) is 1. The highest BCUT2D eigenvalue weighted by Crippen LogP contribution is 2.33. The van der Waals surface area contributed by atoms with Crippen molar-refractivity contribution in [3.63, 3.8) is 0 Å². The average Bonchev–Trinajstić information content (AvgIpc) is 3.14. The second kappa shape index (κ2) is 4.37. The summed E-state index contributed by atoms with van der Waals surface area (Å²) >= 11 is 0. The van der Waals surface area contributed by atoms with Gasteiger partial charge in [0, 0.05) is 30.7 Å². The van der Waals surface area contributed by atoms with E-state index < -0.39 is 0 Å². The van der Waals surface area contributed by atoms with Gasteiger partial charge in [-0.2, -0.15) is 0 Å². The number of imidazole rings is 1. The average molecular weight is 243 g/mol. The van der Waals surface area contributed by atoms with Crippen LogP contribution in [0.5, 0.6) is 0 Å². The van der Waals surface area contributed by atoms with Gasteiger partial charge in [-0.1, -0.05) is 18.2 Å². The van der Waals surface area contributed by atoms with Gasteiger partial charge in [-0.15, -0.1) is 0 Å². The summed E-state index contributed by atoms with van der Waals surface area (Å²) in [7, 11) is 0. The van der Waals surface area contributed by atoms with Gasteiger partial charge >= 0.3 is 5.69 Å². The molecule has 1 aliphatic carbocycles. The van der Waals surface area contributed by atoms with E-state index in [2.05, 4.69) is 0 Å². The van der Waals surface area contributed by atoms with Crippen LogP contribution in [0.25, 0.3) is 0 Å². The van der Waals surface area contributed by atoms with Crippen LogP contribution in [0.15, 0.2) is 41.5 Å². The van der Waals surface area contributed by atoms with Crippen molar-refractivity contribution in [2.45, 2.75) is 31.8 Å². The molecule has 3 rings (SSSR count). The molecule has 0 spiro atoms. The lowest BCUT2D eigenvalue weighted by atomic mass is 10.1. The number of anilines is 1. The molecule has 2 N–H and O–H groups in total. The molecule has 4 nitrogen and oxygen atoms in total. The van der Waals surface area contributed by atoms with E-state index in [-0.39, 0.29) is 5.69 Å². The molecule has 0 amide bonds. The molecular weight excluding hydrogens is 226 g/mol. The number of aromatic nitrogens is 2. The Morgan fingerprint density at radius 2 is 2.00 bits per heavy atom. The smallest absolute Gasteiger partial charge is 0.328 e. The van der Waals surface area contributed by atoms with E-state index >= 15 is 0 Å². The van der Waals surface area contributed by atoms with Gasteiger partial charge in [0.1, 0.15) is 0 Å².